The van der Waals surface area contributed by atoms with Gasteiger partial charge in [-0.05, 0) is 37.3 Å². The third-order valence-electron chi connectivity index (χ3n) is 4.00. The summed E-state index contributed by atoms with van der Waals surface area (Å²) in [5.74, 6) is -3.52. The maximum Gasteiger partial charge on any atom is 0.435 e. The molecule has 6 nitrogen and oxygen atoms in total. The number of nitrogens with two attached hydrogens (primary N) is 1. The number of hydrogen-bond acceptors (Lipinski definition) is 4. The molecule has 2 aromatic heterocycles. The molecule has 152 valence electrons. The fraction of sp³-hybridized carbons (Fsp3) is 0.167. The molecule has 0 aliphatic heterocycles. The van der Waals surface area contributed by atoms with Crippen molar-refractivity contribution in [3.05, 3.63) is 59.3 Å². The quantitative estimate of drug-likeness (QED) is 0.633. The highest BCUT2D eigenvalue weighted by molar-refractivity contribution is 6.04. The molecule has 3 aromatic rings. The predicted octanol–water partition coefficient (Wildman–Crippen LogP) is 4.10. The maximum atomic E-state index is 13.7. The van der Waals surface area contributed by atoms with Crippen LogP contribution >= 0.6 is 0 Å². The number of aryl methyl sites for hydroxylation is 1. The van der Waals surface area contributed by atoms with Crippen molar-refractivity contribution in [1.82, 2.24) is 14.8 Å². The van der Waals surface area contributed by atoms with Gasteiger partial charge in [0.25, 0.3) is 5.91 Å². The van der Waals surface area contributed by atoms with Gasteiger partial charge in [0.2, 0.25) is 0 Å². The van der Waals surface area contributed by atoms with Gasteiger partial charge in [0.05, 0.1) is 5.69 Å². The summed E-state index contributed by atoms with van der Waals surface area (Å²) < 4.78 is 67.3. The van der Waals surface area contributed by atoms with E-state index < -0.39 is 35.0 Å². The molecular formula is C18H14F5N5O. The van der Waals surface area contributed by atoms with Crippen LogP contribution in [0.15, 0.2) is 36.4 Å². The van der Waals surface area contributed by atoms with Crippen LogP contribution < -0.4 is 11.1 Å². The highest BCUT2D eigenvalue weighted by Gasteiger charge is 2.35. The number of nitrogen functional groups attached to an aromatic ring is 1. The largest absolute Gasteiger partial charge is 0.435 e. The second kappa shape index (κ2) is 7.49. The van der Waals surface area contributed by atoms with Crippen LogP contribution in [0.25, 0.3) is 11.3 Å². The number of anilines is 2. The van der Waals surface area contributed by atoms with Crippen molar-refractivity contribution < 1.29 is 26.7 Å². The number of carbonyl (C=O) groups excluding carboxylic acids is 1. The monoisotopic (exact) mass is 411 g/mol. The molecule has 0 saturated heterocycles. The summed E-state index contributed by atoms with van der Waals surface area (Å²) >= 11 is 0. The van der Waals surface area contributed by atoms with Gasteiger partial charge in [0, 0.05) is 12.1 Å². The number of benzene rings is 1. The molecule has 0 fully saturated rings. The van der Waals surface area contributed by atoms with Crippen molar-refractivity contribution in [3.8, 4) is 11.3 Å². The second-order valence-corrected chi connectivity index (χ2v) is 5.91. The fourth-order valence-electron chi connectivity index (χ4n) is 2.67. The summed E-state index contributed by atoms with van der Waals surface area (Å²) in [6, 6.07) is 6.38. The van der Waals surface area contributed by atoms with Crippen molar-refractivity contribution in [3.63, 3.8) is 0 Å². The minimum absolute atomic E-state index is 0.0860. The topological polar surface area (TPSA) is 85.8 Å². The van der Waals surface area contributed by atoms with Crippen LogP contribution in [0.1, 0.15) is 23.0 Å². The highest BCUT2D eigenvalue weighted by atomic mass is 19.4. The number of aromatic nitrogens is 3. The van der Waals surface area contributed by atoms with E-state index in [1.807, 2.05) is 0 Å². The van der Waals surface area contributed by atoms with Crippen molar-refractivity contribution in [1.29, 1.82) is 0 Å². The van der Waals surface area contributed by atoms with Crippen LogP contribution in [0.2, 0.25) is 0 Å². The number of rotatable bonds is 4. The number of halogens is 5. The Balaban J connectivity index is 1.92. The van der Waals surface area contributed by atoms with Gasteiger partial charge in [0.1, 0.15) is 28.8 Å². The molecule has 2 heterocycles. The summed E-state index contributed by atoms with van der Waals surface area (Å²) in [6.45, 7) is 1.76. The first-order valence-electron chi connectivity index (χ1n) is 8.29. The molecule has 29 heavy (non-hydrogen) atoms. The summed E-state index contributed by atoms with van der Waals surface area (Å²) in [4.78, 5) is 16.0. The molecule has 0 spiro atoms. The van der Waals surface area contributed by atoms with Gasteiger partial charge in [-0.15, -0.1) is 0 Å². The summed E-state index contributed by atoms with van der Waals surface area (Å²) in [7, 11) is 0. The SMILES string of the molecule is CCn1nc(C(F)(F)F)cc1-c1ccc(NC(=O)c2c(F)cccc2F)nc1N. The van der Waals surface area contributed by atoms with Gasteiger partial charge in [-0.1, -0.05) is 6.07 Å². The third-order valence-corrected chi connectivity index (χ3v) is 4.00. The molecule has 11 heteroatoms. The van der Waals surface area contributed by atoms with Crippen LogP contribution in [-0.2, 0) is 12.7 Å². The van der Waals surface area contributed by atoms with Gasteiger partial charge in [0.15, 0.2) is 5.69 Å². The number of pyridine rings is 1. The Bertz CT molecular complexity index is 1060. The number of amides is 1. The minimum atomic E-state index is -4.63. The van der Waals surface area contributed by atoms with E-state index in [0.29, 0.717) is 0 Å². The molecule has 1 aromatic carbocycles. The first-order chi connectivity index (χ1) is 13.6. The standard InChI is InChI=1S/C18H14F5N5O/c1-2-28-12(8-13(27-28)18(21,22)23)9-6-7-14(25-16(9)24)26-17(29)15-10(19)4-3-5-11(15)20/h3-8H,2H2,1H3,(H3,24,25,26,29). The number of alkyl halides is 3. The van der Waals surface area contributed by atoms with Crippen molar-refractivity contribution in [2.24, 2.45) is 0 Å². The van der Waals surface area contributed by atoms with Gasteiger partial charge in [-0.25, -0.2) is 13.8 Å². The van der Waals surface area contributed by atoms with E-state index >= 15 is 0 Å². The van der Waals surface area contributed by atoms with E-state index in [9.17, 15) is 26.7 Å². The Morgan fingerprint density at radius 1 is 1.17 bits per heavy atom. The van der Waals surface area contributed by atoms with Crippen LogP contribution in [0.4, 0.5) is 33.6 Å². The highest BCUT2D eigenvalue weighted by Crippen LogP contribution is 2.33. The Hall–Kier alpha value is -3.50. The Morgan fingerprint density at radius 3 is 2.38 bits per heavy atom. The van der Waals surface area contributed by atoms with Gasteiger partial charge >= 0.3 is 6.18 Å². The minimum Gasteiger partial charge on any atom is -0.383 e. The summed E-state index contributed by atoms with van der Waals surface area (Å²) in [5.41, 5.74) is 4.20. The first-order valence-corrected chi connectivity index (χ1v) is 8.29. The number of hydrogen-bond donors (Lipinski definition) is 2. The van der Waals surface area contributed by atoms with Gasteiger partial charge in [-0.2, -0.15) is 18.3 Å². The Morgan fingerprint density at radius 2 is 1.83 bits per heavy atom. The van der Waals surface area contributed by atoms with Crippen molar-refractivity contribution in [2.45, 2.75) is 19.6 Å². The molecule has 3 rings (SSSR count). The molecule has 0 aliphatic rings. The molecule has 3 N–H and O–H groups in total. The zero-order valence-corrected chi connectivity index (χ0v) is 14.9. The zero-order chi connectivity index (χ0) is 21.3. The van der Waals surface area contributed by atoms with E-state index in [4.69, 9.17) is 5.73 Å². The third kappa shape index (κ3) is 4.03. The van der Waals surface area contributed by atoms with E-state index in [1.54, 1.807) is 6.92 Å². The van der Waals surface area contributed by atoms with Crippen LogP contribution in [0, 0.1) is 11.6 Å². The van der Waals surface area contributed by atoms with Crippen LogP contribution in [0.3, 0.4) is 0 Å². The Labute approximate surface area is 161 Å². The first kappa shape index (κ1) is 20.2. The molecular weight excluding hydrogens is 397 g/mol. The molecule has 0 saturated carbocycles. The average Bonchev–Trinajstić information content (AvgIpc) is 3.06. The van der Waals surface area contributed by atoms with Crippen molar-refractivity contribution in [2.75, 3.05) is 11.1 Å². The van der Waals surface area contributed by atoms with Crippen molar-refractivity contribution >= 4 is 17.5 Å². The van der Waals surface area contributed by atoms with E-state index in [0.717, 1.165) is 28.9 Å². The lowest BCUT2D eigenvalue weighted by molar-refractivity contribution is -0.141. The smallest absolute Gasteiger partial charge is 0.383 e. The molecule has 0 unspecified atom stereocenters. The van der Waals surface area contributed by atoms with E-state index in [1.165, 1.54) is 12.1 Å². The number of carbonyl (C=O) groups is 1. The van der Waals surface area contributed by atoms with Gasteiger partial charge in [-0.3, -0.25) is 9.48 Å². The zero-order valence-electron chi connectivity index (χ0n) is 14.9. The molecule has 1 amide bonds. The molecule has 0 aliphatic carbocycles. The fourth-order valence-corrected chi connectivity index (χ4v) is 2.67. The summed E-state index contributed by atoms with van der Waals surface area (Å²) in [6.07, 6.45) is -4.63. The van der Waals surface area contributed by atoms with E-state index in [-0.39, 0.29) is 29.4 Å². The van der Waals surface area contributed by atoms with E-state index in [2.05, 4.69) is 15.4 Å². The molecule has 0 atom stereocenters. The normalized spacial score (nSPS) is 11.5. The second-order valence-electron chi connectivity index (χ2n) is 5.91. The van der Waals surface area contributed by atoms with Gasteiger partial charge < -0.3 is 11.1 Å². The Kier molecular flexibility index (Phi) is 5.23. The number of nitrogens with one attached hydrogen (secondary N) is 1. The van der Waals surface area contributed by atoms with Crippen LogP contribution in [-0.4, -0.2) is 20.7 Å². The summed E-state index contributed by atoms with van der Waals surface area (Å²) in [5, 5.41) is 5.71. The molecule has 0 bridgehead atoms. The average molecular weight is 411 g/mol. The predicted molar refractivity (Wildman–Crippen MR) is 94.9 cm³/mol. The number of nitrogens with zero attached hydrogens (tertiary/aromatic N) is 3. The lowest BCUT2D eigenvalue weighted by Crippen LogP contribution is -2.17. The maximum absolute atomic E-state index is 13.7. The lowest BCUT2D eigenvalue weighted by Gasteiger charge is -2.10. The molecule has 0 radical (unpaired) electrons. The van der Waals surface area contributed by atoms with Crippen LogP contribution in [0.5, 0.6) is 0 Å². The lowest BCUT2D eigenvalue weighted by atomic mass is 10.1.